The Bertz CT molecular complexity index is 528. The molecule has 0 N–H and O–H groups in total. The van der Waals surface area contributed by atoms with Crippen LogP contribution in [0.4, 0.5) is 0 Å². The summed E-state index contributed by atoms with van der Waals surface area (Å²) in [6.45, 7) is -0.213. The maximum absolute atomic E-state index is 10.5. The Labute approximate surface area is 94.2 Å². The number of pyridine rings is 1. The molecular weight excluding hydrogens is 260 g/mol. The first-order valence-corrected chi connectivity index (χ1v) is 5.11. The Balaban J connectivity index is 2.68. The number of halogens is 1. The van der Waals surface area contributed by atoms with E-state index in [-0.39, 0.29) is 11.5 Å². The van der Waals surface area contributed by atoms with E-state index >= 15 is 0 Å². The third-order valence-corrected chi connectivity index (χ3v) is 2.85. The molecule has 1 heterocycles. The molecule has 0 unspecified atom stereocenters. The van der Waals surface area contributed by atoms with E-state index in [1.165, 1.54) is 0 Å². The largest absolute Gasteiger partial charge is 0.264 e. The highest BCUT2D eigenvalue weighted by atomic mass is 79.9. The standard InChI is InChI=1S/C10H7BrN2O2/c11-9-4-3-7-2-1-5-12-10(7)8(9)6-13(14)15/h1-5H,6H2. The topological polar surface area (TPSA) is 56.0 Å². The molecule has 5 heteroatoms. The molecule has 0 radical (unpaired) electrons. The van der Waals surface area contributed by atoms with Crippen molar-refractivity contribution in [1.82, 2.24) is 4.98 Å². The van der Waals surface area contributed by atoms with Crippen LogP contribution in [0.15, 0.2) is 34.9 Å². The molecule has 0 bridgehead atoms. The van der Waals surface area contributed by atoms with Gasteiger partial charge >= 0.3 is 0 Å². The predicted octanol–water partition coefficient (Wildman–Crippen LogP) is 2.77. The maximum Gasteiger partial charge on any atom is 0.232 e. The normalized spacial score (nSPS) is 10.5. The van der Waals surface area contributed by atoms with Gasteiger partial charge in [-0.05, 0) is 12.1 Å². The molecule has 0 amide bonds. The fraction of sp³-hybridized carbons (Fsp3) is 0.100. The summed E-state index contributed by atoms with van der Waals surface area (Å²) in [6, 6.07) is 7.39. The molecule has 0 saturated heterocycles. The van der Waals surface area contributed by atoms with Gasteiger partial charge < -0.3 is 0 Å². The number of nitro groups is 1. The highest BCUT2D eigenvalue weighted by Crippen LogP contribution is 2.25. The first kappa shape index (κ1) is 10.0. The molecule has 0 saturated carbocycles. The van der Waals surface area contributed by atoms with Gasteiger partial charge in [0, 0.05) is 21.0 Å². The summed E-state index contributed by atoms with van der Waals surface area (Å²) < 4.78 is 0.727. The van der Waals surface area contributed by atoms with Crippen molar-refractivity contribution in [1.29, 1.82) is 0 Å². The number of rotatable bonds is 2. The van der Waals surface area contributed by atoms with E-state index in [0.717, 1.165) is 9.86 Å². The Hall–Kier alpha value is -1.49. The van der Waals surface area contributed by atoms with Crippen LogP contribution in [-0.4, -0.2) is 9.91 Å². The summed E-state index contributed by atoms with van der Waals surface area (Å²) in [7, 11) is 0. The summed E-state index contributed by atoms with van der Waals surface area (Å²) in [5, 5.41) is 11.4. The van der Waals surface area contributed by atoms with Crippen LogP contribution in [0, 0.1) is 10.1 Å². The lowest BCUT2D eigenvalue weighted by Crippen LogP contribution is -2.00. The monoisotopic (exact) mass is 266 g/mol. The smallest absolute Gasteiger partial charge is 0.232 e. The van der Waals surface area contributed by atoms with E-state index in [4.69, 9.17) is 0 Å². The SMILES string of the molecule is O=[N+]([O-])Cc1c(Br)ccc2cccnc12. The van der Waals surface area contributed by atoms with Gasteiger partial charge in [0.1, 0.15) is 0 Å². The van der Waals surface area contributed by atoms with Crippen molar-refractivity contribution in [3.05, 3.63) is 50.6 Å². The van der Waals surface area contributed by atoms with E-state index in [9.17, 15) is 10.1 Å². The molecule has 0 aliphatic heterocycles. The fourth-order valence-corrected chi connectivity index (χ4v) is 1.91. The first-order valence-electron chi connectivity index (χ1n) is 4.32. The Kier molecular flexibility index (Phi) is 2.64. The second-order valence-corrected chi connectivity index (χ2v) is 3.95. The van der Waals surface area contributed by atoms with Crippen molar-refractivity contribution in [2.75, 3.05) is 0 Å². The molecule has 0 aliphatic carbocycles. The molecule has 4 nitrogen and oxygen atoms in total. The zero-order chi connectivity index (χ0) is 10.8. The Morgan fingerprint density at radius 3 is 2.93 bits per heavy atom. The van der Waals surface area contributed by atoms with Crippen LogP contribution in [0.5, 0.6) is 0 Å². The second-order valence-electron chi connectivity index (χ2n) is 3.09. The molecule has 0 spiro atoms. The number of nitrogens with zero attached hydrogens (tertiary/aromatic N) is 2. The van der Waals surface area contributed by atoms with Crippen molar-refractivity contribution in [3.8, 4) is 0 Å². The quantitative estimate of drug-likeness (QED) is 0.621. The lowest BCUT2D eigenvalue weighted by atomic mass is 10.1. The van der Waals surface area contributed by atoms with E-state index in [1.807, 2.05) is 24.3 Å². The van der Waals surface area contributed by atoms with E-state index in [0.29, 0.717) is 11.1 Å². The Morgan fingerprint density at radius 1 is 1.40 bits per heavy atom. The van der Waals surface area contributed by atoms with Gasteiger partial charge in [-0.3, -0.25) is 15.1 Å². The van der Waals surface area contributed by atoms with Crippen molar-refractivity contribution in [3.63, 3.8) is 0 Å². The molecule has 0 fully saturated rings. The van der Waals surface area contributed by atoms with Crippen LogP contribution in [0.3, 0.4) is 0 Å². The van der Waals surface area contributed by atoms with Crippen LogP contribution in [-0.2, 0) is 6.54 Å². The van der Waals surface area contributed by atoms with Crippen LogP contribution in [0.2, 0.25) is 0 Å². The summed E-state index contributed by atoms with van der Waals surface area (Å²) in [4.78, 5) is 14.3. The van der Waals surface area contributed by atoms with Gasteiger partial charge in [0.2, 0.25) is 6.54 Å². The van der Waals surface area contributed by atoms with Crippen LogP contribution in [0.25, 0.3) is 10.9 Å². The molecular formula is C10H7BrN2O2. The average molecular weight is 267 g/mol. The third-order valence-electron chi connectivity index (χ3n) is 2.11. The van der Waals surface area contributed by atoms with Gasteiger partial charge in [0.05, 0.1) is 11.1 Å². The summed E-state index contributed by atoms with van der Waals surface area (Å²) in [5.41, 5.74) is 1.31. The first-order chi connectivity index (χ1) is 7.18. The number of aromatic nitrogens is 1. The van der Waals surface area contributed by atoms with Gasteiger partial charge in [0.25, 0.3) is 0 Å². The molecule has 15 heavy (non-hydrogen) atoms. The zero-order valence-electron chi connectivity index (χ0n) is 7.68. The number of hydrogen-bond acceptors (Lipinski definition) is 3. The molecule has 2 aromatic rings. The van der Waals surface area contributed by atoms with E-state index in [1.54, 1.807) is 6.20 Å². The minimum atomic E-state index is -0.353. The van der Waals surface area contributed by atoms with Crippen LogP contribution >= 0.6 is 15.9 Å². The molecule has 1 aromatic heterocycles. The molecule has 76 valence electrons. The summed E-state index contributed by atoms with van der Waals surface area (Å²) >= 11 is 3.30. The van der Waals surface area contributed by atoms with Gasteiger partial charge in [-0.1, -0.05) is 28.1 Å². The lowest BCUT2D eigenvalue weighted by Gasteiger charge is -2.03. The van der Waals surface area contributed by atoms with Crippen LogP contribution in [0.1, 0.15) is 5.56 Å². The molecule has 0 atom stereocenters. The van der Waals surface area contributed by atoms with Crippen molar-refractivity contribution in [2.45, 2.75) is 6.54 Å². The maximum atomic E-state index is 10.5. The van der Waals surface area contributed by atoms with Crippen LogP contribution < -0.4 is 0 Å². The van der Waals surface area contributed by atoms with Crippen molar-refractivity contribution in [2.24, 2.45) is 0 Å². The predicted molar refractivity (Wildman–Crippen MR) is 60.1 cm³/mol. The fourth-order valence-electron chi connectivity index (χ4n) is 1.46. The molecule has 1 aromatic carbocycles. The zero-order valence-corrected chi connectivity index (χ0v) is 9.27. The highest BCUT2D eigenvalue weighted by molar-refractivity contribution is 9.10. The van der Waals surface area contributed by atoms with Crippen molar-refractivity contribution >= 4 is 26.8 Å². The minimum Gasteiger partial charge on any atom is -0.264 e. The lowest BCUT2D eigenvalue weighted by molar-refractivity contribution is -0.496. The van der Waals surface area contributed by atoms with Crippen molar-refractivity contribution < 1.29 is 4.92 Å². The third kappa shape index (κ3) is 1.97. The Morgan fingerprint density at radius 2 is 2.20 bits per heavy atom. The van der Waals surface area contributed by atoms with Gasteiger partial charge in [0.15, 0.2) is 0 Å². The summed E-state index contributed by atoms with van der Waals surface area (Å²) in [6.07, 6.45) is 1.64. The van der Waals surface area contributed by atoms with Gasteiger partial charge in [-0.15, -0.1) is 0 Å². The number of benzene rings is 1. The number of hydrogen-bond donors (Lipinski definition) is 0. The highest BCUT2D eigenvalue weighted by Gasteiger charge is 2.11. The number of fused-ring (bicyclic) bond motifs is 1. The molecule has 2 rings (SSSR count). The van der Waals surface area contributed by atoms with Gasteiger partial charge in [-0.25, -0.2) is 0 Å². The summed E-state index contributed by atoms with van der Waals surface area (Å²) in [5.74, 6) is 0. The average Bonchev–Trinajstić information content (AvgIpc) is 2.22. The van der Waals surface area contributed by atoms with E-state index < -0.39 is 0 Å². The minimum absolute atomic E-state index is 0.213. The molecule has 0 aliphatic rings. The van der Waals surface area contributed by atoms with E-state index in [2.05, 4.69) is 20.9 Å². The van der Waals surface area contributed by atoms with Gasteiger partial charge in [-0.2, -0.15) is 0 Å². The second kappa shape index (κ2) is 3.94.